The zero-order valence-corrected chi connectivity index (χ0v) is 13.5. The van der Waals surface area contributed by atoms with Gasteiger partial charge in [0.15, 0.2) is 0 Å². The van der Waals surface area contributed by atoms with Gasteiger partial charge in [0.25, 0.3) is 0 Å². The van der Waals surface area contributed by atoms with Crippen molar-refractivity contribution in [3.05, 3.63) is 63.1 Å². The summed E-state index contributed by atoms with van der Waals surface area (Å²) >= 11 is 12.1. The first kappa shape index (κ1) is 16.1. The summed E-state index contributed by atoms with van der Waals surface area (Å²) in [7, 11) is 1.66. The highest BCUT2D eigenvalue weighted by atomic mass is 35.5. The lowest BCUT2D eigenvalue weighted by molar-refractivity contribution is 0.410. The number of nitrogens with two attached hydrogens (primary N) is 1. The van der Waals surface area contributed by atoms with Gasteiger partial charge < -0.3 is 4.74 Å². The van der Waals surface area contributed by atoms with Gasteiger partial charge in [-0.2, -0.15) is 0 Å². The smallest absolute Gasteiger partial charge is 0.122 e. The van der Waals surface area contributed by atoms with Crippen molar-refractivity contribution in [2.75, 3.05) is 7.11 Å². The lowest BCUT2D eigenvalue weighted by atomic mass is 9.98. The van der Waals surface area contributed by atoms with E-state index in [0.29, 0.717) is 16.5 Å². The number of benzene rings is 2. The zero-order valence-electron chi connectivity index (χ0n) is 12.0. The lowest BCUT2D eigenvalue weighted by Gasteiger charge is -2.18. The van der Waals surface area contributed by atoms with Crippen LogP contribution in [0.3, 0.4) is 0 Å². The fraction of sp³-hybridized carbons (Fsp3) is 0.250. The molecule has 0 fully saturated rings. The van der Waals surface area contributed by atoms with Crippen LogP contribution in [0.4, 0.5) is 0 Å². The molecule has 3 nitrogen and oxygen atoms in total. The van der Waals surface area contributed by atoms with Crippen molar-refractivity contribution in [2.24, 2.45) is 5.84 Å². The summed E-state index contributed by atoms with van der Waals surface area (Å²) in [5, 5.41) is 1.26. The largest absolute Gasteiger partial charge is 0.496 e. The first-order valence-corrected chi connectivity index (χ1v) is 7.35. The van der Waals surface area contributed by atoms with Crippen molar-refractivity contribution in [2.45, 2.75) is 19.4 Å². The monoisotopic (exact) mass is 324 g/mol. The van der Waals surface area contributed by atoms with Crippen LogP contribution in [0.2, 0.25) is 10.0 Å². The normalized spacial score (nSPS) is 12.2. The lowest BCUT2D eigenvalue weighted by Crippen LogP contribution is -2.29. The number of nitrogens with one attached hydrogen (secondary N) is 1. The molecule has 0 bridgehead atoms. The Bertz CT molecular complexity index is 632. The van der Waals surface area contributed by atoms with E-state index in [1.54, 1.807) is 13.2 Å². The molecule has 1 atom stereocenters. The van der Waals surface area contributed by atoms with Crippen molar-refractivity contribution in [3.63, 3.8) is 0 Å². The van der Waals surface area contributed by atoms with Gasteiger partial charge in [-0.15, -0.1) is 0 Å². The summed E-state index contributed by atoms with van der Waals surface area (Å²) in [5.41, 5.74) is 5.95. The maximum absolute atomic E-state index is 6.22. The molecule has 0 saturated carbocycles. The first-order chi connectivity index (χ1) is 10.0. The molecule has 0 radical (unpaired) electrons. The molecule has 0 spiro atoms. The van der Waals surface area contributed by atoms with Crippen LogP contribution in [0.5, 0.6) is 5.75 Å². The zero-order chi connectivity index (χ0) is 15.4. The Morgan fingerprint density at radius 3 is 2.57 bits per heavy atom. The highest BCUT2D eigenvalue weighted by Gasteiger charge is 2.14. The molecule has 2 rings (SSSR count). The molecule has 3 N–H and O–H groups in total. The van der Waals surface area contributed by atoms with Crippen LogP contribution in [-0.4, -0.2) is 7.11 Å². The molecular formula is C16H18Cl2N2O. The van der Waals surface area contributed by atoms with Crippen molar-refractivity contribution in [1.29, 1.82) is 0 Å². The van der Waals surface area contributed by atoms with E-state index >= 15 is 0 Å². The number of aryl methyl sites for hydroxylation is 1. The average molecular weight is 325 g/mol. The topological polar surface area (TPSA) is 47.3 Å². The van der Waals surface area contributed by atoms with Crippen LogP contribution in [-0.2, 0) is 6.42 Å². The summed E-state index contributed by atoms with van der Waals surface area (Å²) in [6.45, 7) is 2.00. The van der Waals surface area contributed by atoms with E-state index < -0.39 is 0 Å². The van der Waals surface area contributed by atoms with Crippen LogP contribution in [0.25, 0.3) is 0 Å². The maximum atomic E-state index is 6.22. The molecule has 2 aromatic rings. The van der Waals surface area contributed by atoms with Gasteiger partial charge in [0.05, 0.1) is 13.2 Å². The van der Waals surface area contributed by atoms with Crippen molar-refractivity contribution < 1.29 is 4.74 Å². The van der Waals surface area contributed by atoms with Gasteiger partial charge in [0.1, 0.15) is 5.75 Å². The highest BCUT2D eigenvalue weighted by Crippen LogP contribution is 2.28. The molecule has 5 heteroatoms. The molecular weight excluding hydrogens is 307 g/mol. The second-order valence-corrected chi connectivity index (χ2v) is 5.73. The molecule has 0 saturated heterocycles. The molecule has 112 valence electrons. The van der Waals surface area contributed by atoms with Gasteiger partial charge in [-0.25, -0.2) is 0 Å². The Labute approximate surface area is 135 Å². The SMILES string of the molecule is COc1cc(C(Cc2ccc(Cl)cc2Cl)NN)ccc1C. The quantitative estimate of drug-likeness (QED) is 0.644. The number of rotatable bonds is 5. The minimum absolute atomic E-state index is 0.0572. The Kier molecular flexibility index (Phi) is 5.48. The number of ether oxygens (including phenoxy) is 1. The van der Waals surface area contributed by atoms with Crippen LogP contribution in [0, 0.1) is 6.92 Å². The van der Waals surface area contributed by atoms with Crippen LogP contribution >= 0.6 is 23.2 Å². The Balaban J connectivity index is 2.27. The minimum Gasteiger partial charge on any atom is -0.496 e. The molecule has 0 heterocycles. The van der Waals surface area contributed by atoms with E-state index in [4.69, 9.17) is 33.8 Å². The molecule has 21 heavy (non-hydrogen) atoms. The number of hydrogen-bond acceptors (Lipinski definition) is 3. The molecule has 0 aliphatic rings. The third-order valence-corrected chi connectivity index (χ3v) is 4.06. The standard InChI is InChI=1S/C16H18Cl2N2O/c1-10-3-4-12(8-16(10)21-2)15(20-19)7-11-5-6-13(17)9-14(11)18/h3-6,8-9,15,20H,7,19H2,1-2H3. The van der Waals surface area contributed by atoms with Gasteiger partial charge in [0.2, 0.25) is 0 Å². The van der Waals surface area contributed by atoms with Crippen LogP contribution in [0.1, 0.15) is 22.7 Å². The fourth-order valence-electron chi connectivity index (χ4n) is 2.23. The average Bonchev–Trinajstić information content (AvgIpc) is 2.47. The summed E-state index contributed by atoms with van der Waals surface area (Å²) in [6.07, 6.45) is 0.665. The second-order valence-electron chi connectivity index (χ2n) is 4.89. The van der Waals surface area contributed by atoms with Crippen molar-refractivity contribution >= 4 is 23.2 Å². The molecule has 2 aromatic carbocycles. The molecule has 0 aliphatic carbocycles. The van der Waals surface area contributed by atoms with Gasteiger partial charge >= 0.3 is 0 Å². The van der Waals surface area contributed by atoms with Crippen molar-refractivity contribution in [1.82, 2.24) is 5.43 Å². The maximum Gasteiger partial charge on any atom is 0.122 e. The van der Waals surface area contributed by atoms with E-state index in [9.17, 15) is 0 Å². The predicted molar refractivity (Wildman–Crippen MR) is 88.0 cm³/mol. The summed E-state index contributed by atoms with van der Waals surface area (Å²) in [4.78, 5) is 0. The Morgan fingerprint density at radius 2 is 1.95 bits per heavy atom. The number of hydrogen-bond donors (Lipinski definition) is 2. The van der Waals surface area contributed by atoms with E-state index in [1.807, 2.05) is 37.3 Å². The van der Waals surface area contributed by atoms with Gasteiger partial charge in [-0.1, -0.05) is 41.4 Å². The third-order valence-electron chi connectivity index (χ3n) is 3.47. The van der Waals surface area contributed by atoms with Crippen molar-refractivity contribution in [3.8, 4) is 5.75 Å². The second kappa shape index (κ2) is 7.14. The molecule has 1 unspecified atom stereocenters. The Morgan fingerprint density at radius 1 is 1.19 bits per heavy atom. The predicted octanol–water partition coefficient (Wildman–Crippen LogP) is 4.06. The van der Waals surface area contributed by atoms with Gasteiger partial charge in [0, 0.05) is 10.0 Å². The summed E-state index contributed by atoms with van der Waals surface area (Å²) in [5.74, 6) is 6.54. The van der Waals surface area contributed by atoms with Gasteiger partial charge in [-0.3, -0.25) is 11.3 Å². The molecule has 0 aliphatic heterocycles. The highest BCUT2D eigenvalue weighted by molar-refractivity contribution is 6.35. The van der Waals surface area contributed by atoms with E-state index in [2.05, 4.69) is 5.43 Å². The third kappa shape index (κ3) is 3.89. The first-order valence-electron chi connectivity index (χ1n) is 6.59. The molecule has 0 amide bonds. The summed E-state index contributed by atoms with van der Waals surface area (Å²) < 4.78 is 5.36. The van der Waals surface area contributed by atoms with E-state index in [0.717, 1.165) is 22.4 Å². The van der Waals surface area contributed by atoms with Gasteiger partial charge in [-0.05, 0) is 48.2 Å². The molecule has 0 aromatic heterocycles. The number of methoxy groups -OCH3 is 1. The van der Waals surface area contributed by atoms with Crippen LogP contribution < -0.4 is 16.0 Å². The summed E-state index contributed by atoms with van der Waals surface area (Å²) in [6, 6.07) is 11.5. The number of hydrazine groups is 1. The van der Waals surface area contributed by atoms with E-state index in [-0.39, 0.29) is 6.04 Å². The fourth-order valence-corrected chi connectivity index (χ4v) is 2.72. The number of halogens is 2. The Hall–Kier alpha value is -1.26. The van der Waals surface area contributed by atoms with E-state index in [1.165, 1.54) is 0 Å². The minimum atomic E-state index is -0.0572. The van der Waals surface area contributed by atoms with Crippen LogP contribution in [0.15, 0.2) is 36.4 Å².